The van der Waals surface area contributed by atoms with E-state index in [0.29, 0.717) is 12.6 Å². The zero-order valence-electron chi connectivity index (χ0n) is 21.4. The van der Waals surface area contributed by atoms with Crippen molar-refractivity contribution in [2.24, 2.45) is 23.2 Å². The van der Waals surface area contributed by atoms with Gasteiger partial charge in [0.25, 0.3) is 5.91 Å². The first-order chi connectivity index (χ1) is 18.2. The number of rotatable bonds is 3. The number of alkyl halides is 3. The number of likely N-dealkylation sites (tertiary alicyclic amines) is 2. The molecule has 5 unspecified atom stereocenters. The molecule has 6 aliphatic rings. The van der Waals surface area contributed by atoms with E-state index in [4.69, 9.17) is 0 Å². The van der Waals surface area contributed by atoms with Crippen molar-refractivity contribution in [1.29, 1.82) is 0 Å². The average Bonchev–Trinajstić information content (AvgIpc) is 3.58. The van der Waals surface area contributed by atoms with E-state index in [-0.39, 0.29) is 40.0 Å². The Bertz CT molecular complexity index is 1340. The maximum absolute atomic E-state index is 13.8. The summed E-state index contributed by atoms with van der Waals surface area (Å²) < 4.78 is 41.5. The third kappa shape index (κ3) is 2.89. The lowest BCUT2D eigenvalue weighted by Crippen LogP contribution is -2.69. The summed E-state index contributed by atoms with van der Waals surface area (Å²) in [5, 5.41) is 10.6. The fraction of sp³-hybridized carbons (Fsp3) is 0.581. The van der Waals surface area contributed by atoms with Crippen LogP contribution in [0.5, 0.6) is 5.75 Å². The second kappa shape index (κ2) is 7.56. The summed E-state index contributed by atoms with van der Waals surface area (Å²) in [6.07, 6.45) is 2.98. The van der Waals surface area contributed by atoms with Gasteiger partial charge in [-0.25, -0.2) is 0 Å². The number of fused-ring (bicyclic) bond motifs is 1. The van der Waals surface area contributed by atoms with E-state index >= 15 is 0 Å². The predicted molar refractivity (Wildman–Crippen MR) is 136 cm³/mol. The molecule has 1 amide bonds. The average molecular weight is 523 g/mol. The second-order valence-electron chi connectivity index (χ2n) is 13.0. The molecule has 5 fully saturated rings. The van der Waals surface area contributed by atoms with Gasteiger partial charge in [0, 0.05) is 30.6 Å². The maximum Gasteiger partial charge on any atom is 0.417 e. The van der Waals surface area contributed by atoms with Crippen molar-refractivity contribution in [3.63, 3.8) is 0 Å². The Morgan fingerprint density at radius 3 is 2.68 bits per heavy atom. The molecule has 2 aromatic carbocycles. The maximum atomic E-state index is 13.8. The highest BCUT2D eigenvalue weighted by atomic mass is 19.4. The topological polar surface area (TPSA) is 43.8 Å². The van der Waals surface area contributed by atoms with E-state index in [1.54, 1.807) is 11.0 Å². The smallest absolute Gasteiger partial charge is 0.417 e. The van der Waals surface area contributed by atoms with E-state index in [2.05, 4.69) is 11.0 Å². The van der Waals surface area contributed by atoms with Crippen molar-refractivity contribution in [3.05, 3.63) is 64.7 Å². The van der Waals surface area contributed by atoms with Gasteiger partial charge in [0.05, 0.1) is 11.1 Å². The van der Waals surface area contributed by atoms with Gasteiger partial charge in [-0.2, -0.15) is 13.2 Å². The number of hydrogen-bond donors (Lipinski definition) is 1. The van der Waals surface area contributed by atoms with Crippen molar-refractivity contribution >= 4 is 5.91 Å². The highest BCUT2D eigenvalue weighted by Crippen LogP contribution is 2.75. The number of aromatic hydroxyl groups is 1. The number of piperidine rings is 1. The number of carbonyl (C=O) groups is 1. The molecule has 2 aromatic rings. The molecule has 0 spiro atoms. The Hall–Kier alpha value is -2.54. The molecule has 0 aromatic heterocycles. The van der Waals surface area contributed by atoms with E-state index in [9.17, 15) is 23.1 Å². The van der Waals surface area contributed by atoms with E-state index in [1.807, 2.05) is 6.07 Å². The molecule has 2 aliphatic heterocycles. The molecule has 6 atom stereocenters. The van der Waals surface area contributed by atoms with Crippen molar-refractivity contribution in [2.45, 2.75) is 68.6 Å². The van der Waals surface area contributed by atoms with Gasteiger partial charge >= 0.3 is 6.18 Å². The van der Waals surface area contributed by atoms with Crippen LogP contribution in [0.15, 0.2) is 42.5 Å². The second-order valence-corrected chi connectivity index (χ2v) is 13.0. The van der Waals surface area contributed by atoms with Crippen LogP contribution in [0.3, 0.4) is 0 Å². The third-order valence-corrected chi connectivity index (χ3v) is 11.5. The van der Waals surface area contributed by atoms with Gasteiger partial charge in [-0.3, -0.25) is 9.69 Å². The Morgan fingerprint density at radius 1 is 1.08 bits per heavy atom. The number of amides is 1. The van der Waals surface area contributed by atoms with Gasteiger partial charge in [0.2, 0.25) is 0 Å². The molecular weight excluding hydrogens is 489 g/mol. The summed E-state index contributed by atoms with van der Waals surface area (Å²) in [4.78, 5) is 18.4. The first-order valence-electron chi connectivity index (χ1n) is 14.3. The molecule has 7 heteroatoms. The number of phenols is 1. The van der Waals surface area contributed by atoms with Gasteiger partial charge in [-0.15, -0.1) is 0 Å². The standard InChI is InChI=1S/C31H33F3N2O2/c32-31(33,34)23-4-2-1-3-22(23)28(38)36-17-20-15-29-10-9-25(36)27(20)30(29)11-12-35(16-18-5-6-18)26(29)13-19-7-8-21(37)14-24(19)30/h1-4,7-8,14,18,20,25-27,37H,5-6,9-13,15-17H2/t20-,25?,26?,27?,29?,30?/m1/s1. The van der Waals surface area contributed by atoms with Crippen molar-refractivity contribution in [2.75, 3.05) is 19.6 Å². The number of hydrogen-bond acceptors (Lipinski definition) is 3. The van der Waals surface area contributed by atoms with Gasteiger partial charge in [0.15, 0.2) is 0 Å². The molecule has 4 bridgehead atoms. The number of nitrogens with zero attached hydrogens (tertiary/aromatic N) is 2. The molecular formula is C31H33F3N2O2. The molecule has 8 rings (SSSR count). The van der Waals surface area contributed by atoms with Crippen LogP contribution in [0, 0.1) is 23.2 Å². The minimum absolute atomic E-state index is 0.0617. The summed E-state index contributed by atoms with van der Waals surface area (Å²) in [5.41, 5.74) is 1.50. The zero-order valence-corrected chi connectivity index (χ0v) is 21.4. The highest BCUT2D eigenvalue weighted by Gasteiger charge is 2.76. The van der Waals surface area contributed by atoms with E-state index in [0.717, 1.165) is 50.6 Å². The molecule has 2 heterocycles. The minimum Gasteiger partial charge on any atom is -0.508 e. The quantitative estimate of drug-likeness (QED) is 0.568. The molecule has 1 N–H and O–H groups in total. The molecule has 4 aliphatic carbocycles. The predicted octanol–water partition coefficient (Wildman–Crippen LogP) is 5.63. The van der Waals surface area contributed by atoms with Crippen LogP contribution < -0.4 is 0 Å². The normalized spacial score (nSPS) is 37.2. The Morgan fingerprint density at radius 2 is 1.89 bits per heavy atom. The Kier molecular flexibility index (Phi) is 4.64. The lowest BCUT2D eigenvalue weighted by Gasteiger charge is -2.66. The molecule has 0 radical (unpaired) electrons. The van der Waals surface area contributed by atoms with Crippen molar-refractivity contribution in [3.8, 4) is 5.75 Å². The summed E-state index contributed by atoms with van der Waals surface area (Å²) in [6.45, 7) is 2.74. The Labute approximate surface area is 220 Å². The summed E-state index contributed by atoms with van der Waals surface area (Å²) in [6, 6.07) is 11.6. The molecule has 38 heavy (non-hydrogen) atoms. The molecule has 4 nitrogen and oxygen atoms in total. The lowest BCUT2D eigenvalue weighted by atomic mass is 9.43. The van der Waals surface area contributed by atoms with Crippen LogP contribution in [-0.4, -0.2) is 52.5 Å². The molecule has 200 valence electrons. The Balaban J connectivity index is 1.23. The number of halogens is 3. The van der Waals surface area contributed by atoms with Crippen LogP contribution in [0.25, 0.3) is 0 Å². The molecule has 3 saturated carbocycles. The monoisotopic (exact) mass is 522 g/mol. The van der Waals surface area contributed by atoms with Crippen LogP contribution in [0.1, 0.15) is 65.6 Å². The zero-order chi connectivity index (χ0) is 26.0. The summed E-state index contributed by atoms with van der Waals surface area (Å²) in [5.74, 6) is 1.14. The minimum atomic E-state index is -4.57. The summed E-state index contributed by atoms with van der Waals surface area (Å²) in [7, 11) is 0. The van der Waals surface area contributed by atoms with Crippen molar-refractivity contribution in [1.82, 2.24) is 9.80 Å². The first kappa shape index (κ1) is 23.4. The van der Waals surface area contributed by atoms with E-state index in [1.165, 1.54) is 48.7 Å². The SMILES string of the molecule is O=C(c1ccccc1C(F)(F)F)N1C[C@H]2CC34CCC1C2C31CCN(CC2CC2)C4Cc2ccc(O)cc21. The number of carbonyl (C=O) groups excluding carboxylic acids is 1. The van der Waals surface area contributed by atoms with Crippen LogP contribution in [0.4, 0.5) is 13.2 Å². The van der Waals surface area contributed by atoms with Crippen LogP contribution in [0.2, 0.25) is 0 Å². The van der Waals surface area contributed by atoms with Gasteiger partial charge in [-0.05, 0) is 110 Å². The number of phenolic OH excluding ortho intramolecular Hbond substituents is 1. The molecule has 2 saturated heterocycles. The van der Waals surface area contributed by atoms with Gasteiger partial charge in [-0.1, -0.05) is 18.2 Å². The first-order valence-corrected chi connectivity index (χ1v) is 14.3. The van der Waals surface area contributed by atoms with Crippen molar-refractivity contribution < 1.29 is 23.1 Å². The number of benzene rings is 2. The lowest BCUT2D eigenvalue weighted by molar-refractivity contribution is -0.138. The van der Waals surface area contributed by atoms with Gasteiger partial charge in [0.1, 0.15) is 5.75 Å². The van der Waals surface area contributed by atoms with E-state index < -0.39 is 17.6 Å². The fourth-order valence-corrected chi connectivity index (χ4v) is 10.2. The van der Waals surface area contributed by atoms with Gasteiger partial charge < -0.3 is 10.0 Å². The fourth-order valence-electron chi connectivity index (χ4n) is 10.2. The largest absolute Gasteiger partial charge is 0.508 e. The van der Waals surface area contributed by atoms with Crippen LogP contribution in [-0.2, 0) is 18.0 Å². The van der Waals surface area contributed by atoms with Crippen LogP contribution >= 0.6 is 0 Å². The third-order valence-electron chi connectivity index (χ3n) is 11.5. The summed E-state index contributed by atoms with van der Waals surface area (Å²) >= 11 is 0. The highest BCUT2D eigenvalue weighted by molar-refractivity contribution is 5.96.